The summed E-state index contributed by atoms with van der Waals surface area (Å²) < 4.78 is 0.775. The highest BCUT2D eigenvalue weighted by Crippen LogP contribution is 2.15. The summed E-state index contributed by atoms with van der Waals surface area (Å²) in [5, 5.41) is 4.11. The van der Waals surface area contributed by atoms with E-state index in [2.05, 4.69) is 40.3 Å². The van der Waals surface area contributed by atoms with E-state index in [-0.39, 0.29) is 5.91 Å². The first kappa shape index (κ1) is 14.9. The highest BCUT2D eigenvalue weighted by atomic mass is 79.9. The Bertz CT molecular complexity index is 441. The van der Waals surface area contributed by atoms with Crippen molar-refractivity contribution in [2.45, 2.75) is 33.6 Å². The third-order valence-corrected chi connectivity index (χ3v) is 3.24. The third-order valence-electron chi connectivity index (χ3n) is 2.55. The van der Waals surface area contributed by atoms with Gasteiger partial charge in [-0.3, -0.25) is 4.79 Å². The van der Waals surface area contributed by atoms with Crippen LogP contribution in [0.15, 0.2) is 33.8 Å². The van der Waals surface area contributed by atoms with E-state index in [0.717, 1.165) is 23.0 Å². The van der Waals surface area contributed by atoms with Crippen LogP contribution in [0.4, 0.5) is 0 Å². The number of nitrogens with zero attached hydrogens (tertiary/aromatic N) is 1. The summed E-state index contributed by atoms with van der Waals surface area (Å²) in [6.45, 7) is 6.28. The van der Waals surface area contributed by atoms with Crippen molar-refractivity contribution in [1.82, 2.24) is 5.43 Å². The summed E-state index contributed by atoms with van der Waals surface area (Å²) in [7, 11) is 0. The van der Waals surface area contributed by atoms with Gasteiger partial charge >= 0.3 is 0 Å². The van der Waals surface area contributed by atoms with Crippen LogP contribution in [0, 0.1) is 5.92 Å². The highest BCUT2D eigenvalue weighted by Gasteiger charge is 2.07. The number of carbonyl (C=O) groups is 1. The standard InChI is InChI=1S/C14H19BrN2O/c1-10(2)8-9-11(3)16-17-14(18)12-6-4-5-7-13(12)15/h4-7,10H,8-9H2,1-3H3,(H,17,18)/b16-11-. The molecule has 0 aliphatic rings. The number of hydrogen-bond donors (Lipinski definition) is 1. The summed E-state index contributed by atoms with van der Waals surface area (Å²) in [5.74, 6) is 0.459. The zero-order chi connectivity index (χ0) is 13.5. The molecule has 0 aliphatic heterocycles. The second-order valence-electron chi connectivity index (χ2n) is 4.70. The van der Waals surface area contributed by atoms with Gasteiger partial charge in [-0.25, -0.2) is 5.43 Å². The first-order valence-corrected chi connectivity index (χ1v) is 6.88. The minimum atomic E-state index is -0.189. The Morgan fingerprint density at radius 2 is 2.06 bits per heavy atom. The van der Waals surface area contributed by atoms with Crippen LogP contribution in [-0.2, 0) is 0 Å². The lowest BCUT2D eigenvalue weighted by molar-refractivity contribution is 0.0954. The van der Waals surface area contributed by atoms with Crippen molar-refractivity contribution in [3.8, 4) is 0 Å². The predicted molar refractivity (Wildman–Crippen MR) is 78.8 cm³/mol. The average molecular weight is 311 g/mol. The molecule has 1 aromatic carbocycles. The molecule has 0 aliphatic carbocycles. The lowest BCUT2D eigenvalue weighted by Crippen LogP contribution is -2.19. The van der Waals surface area contributed by atoms with Gasteiger partial charge in [0.2, 0.25) is 0 Å². The number of halogens is 1. The summed E-state index contributed by atoms with van der Waals surface area (Å²) in [5.41, 5.74) is 4.13. The molecule has 0 unspecified atom stereocenters. The molecule has 0 saturated heterocycles. The number of hydrazone groups is 1. The maximum Gasteiger partial charge on any atom is 0.272 e. The van der Waals surface area contributed by atoms with Crippen LogP contribution in [0.25, 0.3) is 0 Å². The minimum absolute atomic E-state index is 0.189. The van der Waals surface area contributed by atoms with Crippen molar-refractivity contribution in [2.75, 3.05) is 0 Å². The molecular weight excluding hydrogens is 292 g/mol. The second kappa shape index (κ2) is 7.31. The van der Waals surface area contributed by atoms with Gasteiger partial charge in [0.05, 0.1) is 5.56 Å². The van der Waals surface area contributed by atoms with Crippen molar-refractivity contribution in [3.63, 3.8) is 0 Å². The molecule has 4 heteroatoms. The summed E-state index contributed by atoms with van der Waals surface area (Å²) in [6.07, 6.45) is 1.99. The number of benzene rings is 1. The van der Waals surface area contributed by atoms with Crippen LogP contribution < -0.4 is 5.43 Å². The van der Waals surface area contributed by atoms with Gasteiger partial charge < -0.3 is 0 Å². The molecule has 0 bridgehead atoms. The molecule has 3 nitrogen and oxygen atoms in total. The van der Waals surface area contributed by atoms with Crippen LogP contribution in [0.5, 0.6) is 0 Å². The Kier molecular flexibility index (Phi) is 6.05. The zero-order valence-corrected chi connectivity index (χ0v) is 12.6. The Balaban J connectivity index is 2.56. The van der Waals surface area contributed by atoms with E-state index in [0.29, 0.717) is 11.5 Å². The van der Waals surface area contributed by atoms with E-state index in [1.165, 1.54) is 0 Å². The van der Waals surface area contributed by atoms with Crippen molar-refractivity contribution < 1.29 is 4.79 Å². The molecule has 1 N–H and O–H groups in total. The van der Waals surface area contributed by atoms with Gasteiger partial charge in [-0.05, 0) is 53.7 Å². The van der Waals surface area contributed by atoms with E-state index in [9.17, 15) is 4.79 Å². The van der Waals surface area contributed by atoms with E-state index >= 15 is 0 Å². The molecule has 0 radical (unpaired) electrons. The average Bonchev–Trinajstić information content (AvgIpc) is 2.34. The summed E-state index contributed by atoms with van der Waals surface area (Å²) >= 11 is 3.34. The van der Waals surface area contributed by atoms with E-state index in [1.807, 2.05) is 25.1 Å². The third kappa shape index (κ3) is 5.00. The number of rotatable bonds is 5. The fourth-order valence-corrected chi connectivity index (χ4v) is 1.87. The molecule has 0 atom stereocenters. The molecule has 1 amide bonds. The molecule has 18 heavy (non-hydrogen) atoms. The molecule has 0 heterocycles. The lowest BCUT2D eigenvalue weighted by Gasteiger charge is -2.05. The van der Waals surface area contributed by atoms with Gasteiger partial charge in [0.25, 0.3) is 5.91 Å². The fraction of sp³-hybridized carbons (Fsp3) is 0.429. The maximum absolute atomic E-state index is 11.9. The van der Waals surface area contributed by atoms with Crippen molar-refractivity contribution >= 4 is 27.5 Å². The number of nitrogens with one attached hydrogen (secondary N) is 1. The van der Waals surface area contributed by atoms with Crippen LogP contribution in [0.3, 0.4) is 0 Å². The van der Waals surface area contributed by atoms with Crippen molar-refractivity contribution in [2.24, 2.45) is 11.0 Å². The highest BCUT2D eigenvalue weighted by molar-refractivity contribution is 9.10. The quantitative estimate of drug-likeness (QED) is 0.648. The van der Waals surface area contributed by atoms with E-state index in [1.54, 1.807) is 6.07 Å². The minimum Gasteiger partial charge on any atom is -0.267 e. The van der Waals surface area contributed by atoms with E-state index in [4.69, 9.17) is 0 Å². The van der Waals surface area contributed by atoms with Crippen LogP contribution in [-0.4, -0.2) is 11.6 Å². The van der Waals surface area contributed by atoms with Crippen LogP contribution >= 0.6 is 15.9 Å². The fourth-order valence-electron chi connectivity index (χ4n) is 1.41. The number of hydrogen-bond acceptors (Lipinski definition) is 2. The molecule has 98 valence electrons. The molecule has 0 aromatic heterocycles. The Morgan fingerprint density at radius 1 is 1.39 bits per heavy atom. The van der Waals surface area contributed by atoms with Crippen molar-refractivity contribution in [3.05, 3.63) is 34.3 Å². The maximum atomic E-state index is 11.9. The Labute approximate surface area is 117 Å². The number of amides is 1. The molecule has 0 spiro atoms. The molecule has 1 aromatic rings. The van der Waals surface area contributed by atoms with Gasteiger partial charge in [0.15, 0.2) is 0 Å². The van der Waals surface area contributed by atoms with Gasteiger partial charge in [0, 0.05) is 10.2 Å². The summed E-state index contributed by atoms with van der Waals surface area (Å²) in [6, 6.07) is 7.30. The monoisotopic (exact) mass is 310 g/mol. The predicted octanol–water partition coefficient (Wildman–Crippen LogP) is 3.99. The molecule has 0 fully saturated rings. The van der Waals surface area contributed by atoms with Gasteiger partial charge in [-0.1, -0.05) is 26.0 Å². The second-order valence-corrected chi connectivity index (χ2v) is 5.55. The van der Waals surface area contributed by atoms with Gasteiger partial charge in [-0.2, -0.15) is 5.10 Å². The van der Waals surface area contributed by atoms with Crippen LogP contribution in [0.1, 0.15) is 44.0 Å². The SMILES string of the molecule is C/C(CCC(C)C)=N/NC(=O)c1ccccc1Br. The van der Waals surface area contributed by atoms with Gasteiger partial charge in [-0.15, -0.1) is 0 Å². The largest absolute Gasteiger partial charge is 0.272 e. The first-order valence-electron chi connectivity index (χ1n) is 6.08. The van der Waals surface area contributed by atoms with Crippen molar-refractivity contribution in [1.29, 1.82) is 0 Å². The first-order chi connectivity index (χ1) is 8.50. The smallest absolute Gasteiger partial charge is 0.267 e. The lowest BCUT2D eigenvalue weighted by atomic mass is 10.1. The molecular formula is C14H19BrN2O. The van der Waals surface area contributed by atoms with E-state index < -0.39 is 0 Å². The zero-order valence-electron chi connectivity index (χ0n) is 11.0. The van der Waals surface area contributed by atoms with Crippen LogP contribution in [0.2, 0.25) is 0 Å². The normalized spacial score (nSPS) is 11.7. The Morgan fingerprint density at radius 3 is 2.67 bits per heavy atom. The summed E-state index contributed by atoms with van der Waals surface area (Å²) in [4.78, 5) is 11.9. The number of carbonyl (C=O) groups excluding carboxylic acids is 1. The molecule has 1 rings (SSSR count). The molecule has 0 saturated carbocycles. The topological polar surface area (TPSA) is 41.5 Å². The Hall–Kier alpha value is -1.16. The van der Waals surface area contributed by atoms with Gasteiger partial charge in [0.1, 0.15) is 0 Å².